The van der Waals surface area contributed by atoms with Crippen LogP contribution in [0.1, 0.15) is 5.82 Å². The normalized spacial score (nSPS) is 12.0. The van der Waals surface area contributed by atoms with E-state index in [0.717, 1.165) is 28.4 Å². The number of para-hydroxylation sites is 2. The maximum Gasteiger partial charge on any atom is 0.277 e. The zero-order valence-electron chi connectivity index (χ0n) is 14.9. The second-order valence-electron chi connectivity index (χ2n) is 5.94. The Balaban J connectivity index is 1.56. The maximum atomic E-state index is 10.5. The number of allylic oxidation sites excluding steroid dienone is 1. The molecule has 2 aromatic heterocycles. The van der Waals surface area contributed by atoms with Gasteiger partial charge in [0, 0.05) is 12.6 Å². The summed E-state index contributed by atoms with van der Waals surface area (Å²) in [5.41, 5.74) is 2.58. The SMILES string of the molecule is Cn1c(/C(C#N)=C(\O)CSc2nnc(-c3ccccc3)o2)nc2ccccc21. The van der Waals surface area contributed by atoms with Gasteiger partial charge in [-0.1, -0.05) is 42.1 Å². The Hall–Kier alpha value is -3.57. The van der Waals surface area contributed by atoms with Crippen molar-refractivity contribution in [2.24, 2.45) is 7.05 Å². The van der Waals surface area contributed by atoms with Gasteiger partial charge < -0.3 is 14.1 Å². The third-order valence-electron chi connectivity index (χ3n) is 4.17. The Bertz CT molecular complexity index is 1200. The molecule has 4 aromatic rings. The number of nitrogens with zero attached hydrogens (tertiary/aromatic N) is 5. The highest BCUT2D eigenvalue weighted by Gasteiger charge is 2.17. The van der Waals surface area contributed by atoms with E-state index >= 15 is 0 Å². The van der Waals surface area contributed by atoms with Gasteiger partial charge in [0.25, 0.3) is 5.22 Å². The average Bonchev–Trinajstić information content (AvgIpc) is 3.33. The number of hydrogen-bond acceptors (Lipinski definition) is 7. The Morgan fingerprint density at radius 1 is 1.14 bits per heavy atom. The van der Waals surface area contributed by atoms with E-state index < -0.39 is 0 Å². The highest BCUT2D eigenvalue weighted by atomic mass is 32.2. The van der Waals surface area contributed by atoms with Crippen molar-refractivity contribution in [3.8, 4) is 17.5 Å². The smallest absolute Gasteiger partial charge is 0.277 e. The van der Waals surface area contributed by atoms with Gasteiger partial charge in [-0.05, 0) is 24.3 Å². The molecule has 0 radical (unpaired) electrons. The molecule has 0 saturated carbocycles. The first-order valence-corrected chi connectivity index (χ1v) is 9.41. The van der Waals surface area contributed by atoms with Gasteiger partial charge >= 0.3 is 0 Å². The summed E-state index contributed by atoms with van der Waals surface area (Å²) >= 11 is 1.16. The van der Waals surface area contributed by atoms with Gasteiger partial charge in [-0.2, -0.15) is 5.26 Å². The topological polar surface area (TPSA) is 101 Å². The molecule has 0 aliphatic heterocycles. The molecule has 138 valence electrons. The quantitative estimate of drug-likeness (QED) is 0.310. The van der Waals surface area contributed by atoms with Crippen molar-refractivity contribution >= 4 is 28.4 Å². The standard InChI is InChI=1S/C20H15N5O2S/c1-25-16-10-6-5-9-15(16)22-18(25)14(11-21)17(26)12-28-20-24-23-19(27-20)13-7-3-2-4-8-13/h2-10,26H,12H2,1H3/b17-14-. The molecule has 0 fully saturated rings. The Kier molecular flexibility index (Phi) is 4.83. The minimum absolute atomic E-state index is 0.0923. The first-order chi connectivity index (χ1) is 13.7. The number of benzene rings is 2. The van der Waals surface area contributed by atoms with E-state index in [4.69, 9.17) is 4.42 Å². The summed E-state index contributed by atoms with van der Waals surface area (Å²) in [7, 11) is 1.81. The Morgan fingerprint density at radius 2 is 1.89 bits per heavy atom. The molecule has 2 aromatic carbocycles. The van der Waals surface area contributed by atoms with Crippen LogP contribution in [-0.2, 0) is 7.05 Å². The van der Waals surface area contributed by atoms with Crippen LogP contribution in [0.5, 0.6) is 0 Å². The summed E-state index contributed by atoms with van der Waals surface area (Å²) in [6.07, 6.45) is 0. The number of thioether (sulfide) groups is 1. The van der Waals surface area contributed by atoms with Crippen LogP contribution >= 0.6 is 11.8 Å². The van der Waals surface area contributed by atoms with Crippen molar-refractivity contribution in [2.75, 3.05) is 5.75 Å². The van der Waals surface area contributed by atoms with Crippen LogP contribution in [-0.4, -0.2) is 30.6 Å². The predicted octanol–water partition coefficient (Wildman–Crippen LogP) is 4.21. The molecule has 0 aliphatic carbocycles. The van der Waals surface area contributed by atoms with Crippen LogP contribution in [0.3, 0.4) is 0 Å². The van der Waals surface area contributed by atoms with Crippen LogP contribution < -0.4 is 0 Å². The van der Waals surface area contributed by atoms with E-state index in [2.05, 4.69) is 21.3 Å². The largest absolute Gasteiger partial charge is 0.510 e. The molecule has 1 N–H and O–H groups in total. The molecule has 7 nitrogen and oxygen atoms in total. The number of aliphatic hydroxyl groups excluding tert-OH is 1. The zero-order valence-corrected chi connectivity index (χ0v) is 15.7. The average molecular weight is 389 g/mol. The predicted molar refractivity (Wildman–Crippen MR) is 106 cm³/mol. The molecule has 2 heterocycles. The first-order valence-electron chi connectivity index (χ1n) is 8.43. The molecule has 0 unspecified atom stereocenters. The fourth-order valence-electron chi connectivity index (χ4n) is 2.78. The number of hydrogen-bond donors (Lipinski definition) is 1. The van der Waals surface area contributed by atoms with Crippen LogP contribution in [0.15, 0.2) is 70.0 Å². The van der Waals surface area contributed by atoms with Gasteiger partial charge in [0.15, 0.2) is 5.82 Å². The van der Waals surface area contributed by atoms with Crippen LogP contribution in [0, 0.1) is 11.3 Å². The van der Waals surface area contributed by atoms with Crippen molar-refractivity contribution in [1.29, 1.82) is 5.26 Å². The molecule has 8 heteroatoms. The molecule has 0 aliphatic rings. The summed E-state index contributed by atoms with van der Waals surface area (Å²) < 4.78 is 7.40. The number of fused-ring (bicyclic) bond motifs is 1. The third-order valence-corrected chi connectivity index (χ3v) is 5.00. The molecule has 0 bridgehead atoms. The molecule has 0 atom stereocenters. The minimum atomic E-state index is -0.0923. The summed E-state index contributed by atoms with van der Waals surface area (Å²) in [4.78, 5) is 4.47. The molecule has 0 saturated heterocycles. The van der Waals surface area contributed by atoms with Crippen molar-refractivity contribution in [1.82, 2.24) is 19.7 Å². The monoisotopic (exact) mass is 389 g/mol. The van der Waals surface area contributed by atoms with Gasteiger partial charge in [-0.25, -0.2) is 4.98 Å². The van der Waals surface area contributed by atoms with E-state index in [-0.39, 0.29) is 17.1 Å². The molecule has 4 rings (SSSR count). The lowest BCUT2D eigenvalue weighted by Crippen LogP contribution is -2.00. The van der Waals surface area contributed by atoms with Gasteiger partial charge in [0.1, 0.15) is 17.4 Å². The van der Waals surface area contributed by atoms with Crippen molar-refractivity contribution in [3.05, 3.63) is 66.2 Å². The summed E-state index contributed by atoms with van der Waals surface area (Å²) in [5, 5.41) is 28.4. The van der Waals surface area contributed by atoms with Crippen molar-refractivity contribution < 1.29 is 9.52 Å². The van der Waals surface area contributed by atoms with Crippen molar-refractivity contribution in [3.63, 3.8) is 0 Å². The first kappa shape index (κ1) is 17.8. The van der Waals surface area contributed by atoms with Gasteiger partial charge in [0.2, 0.25) is 5.89 Å². The Labute approximate surface area is 165 Å². The minimum Gasteiger partial charge on any atom is -0.510 e. The number of aliphatic hydroxyl groups is 1. The molecule has 0 spiro atoms. The molecule has 28 heavy (non-hydrogen) atoms. The van der Waals surface area contributed by atoms with Crippen molar-refractivity contribution in [2.45, 2.75) is 5.22 Å². The molecule has 0 amide bonds. The van der Waals surface area contributed by atoms with Gasteiger partial charge in [-0.15, -0.1) is 10.2 Å². The van der Waals surface area contributed by atoms with Crippen LogP contribution in [0.25, 0.3) is 28.1 Å². The van der Waals surface area contributed by atoms with E-state index in [1.54, 1.807) is 4.57 Å². The van der Waals surface area contributed by atoms with E-state index in [0.29, 0.717) is 16.9 Å². The molecular weight excluding hydrogens is 374 g/mol. The van der Waals surface area contributed by atoms with Crippen LogP contribution in [0.4, 0.5) is 0 Å². The summed E-state index contributed by atoms with van der Waals surface area (Å²) in [6.45, 7) is 0. The third kappa shape index (κ3) is 3.35. The number of aromatic nitrogens is 4. The summed E-state index contributed by atoms with van der Waals surface area (Å²) in [6, 6.07) is 19.0. The highest BCUT2D eigenvalue weighted by Crippen LogP contribution is 2.27. The van der Waals surface area contributed by atoms with E-state index in [9.17, 15) is 10.4 Å². The molecular formula is C20H15N5O2S. The van der Waals surface area contributed by atoms with Crippen LogP contribution in [0.2, 0.25) is 0 Å². The highest BCUT2D eigenvalue weighted by molar-refractivity contribution is 7.99. The lowest BCUT2D eigenvalue weighted by atomic mass is 10.2. The Morgan fingerprint density at radius 3 is 2.64 bits per heavy atom. The second-order valence-corrected chi connectivity index (χ2v) is 6.87. The lowest BCUT2D eigenvalue weighted by Gasteiger charge is -2.04. The zero-order chi connectivity index (χ0) is 19.5. The number of rotatable bonds is 5. The van der Waals surface area contributed by atoms with E-state index in [1.807, 2.05) is 61.6 Å². The second kappa shape index (κ2) is 7.58. The summed E-state index contributed by atoms with van der Waals surface area (Å²) in [5.74, 6) is 0.841. The number of aryl methyl sites for hydroxylation is 1. The van der Waals surface area contributed by atoms with Gasteiger partial charge in [0.05, 0.1) is 16.8 Å². The maximum absolute atomic E-state index is 10.5. The fraction of sp³-hybridized carbons (Fsp3) is 0.100. The number of nitriles is 1. The lowest BCUT2D eigenvalue weighted by molar-refractivity contribution is 0.418. The van der Waals surface area contributed by atoms with E-state index in [1.165, 1.54) is 0 Å². The number of imidazole rings is 1. The van der Waals surface area contributed by atoms with Gasteiger partial charge in [-0.3, -0.25) is 0 Å². The fourth-order valence-corrected chi connectivity index (χ4v) is 3.42.